The highest BCUT2D eigenvalue weighted by Gasteiger charge is 2.21. The van der Waals surface area contributed by atoms with Crippen LogP contribution in [-0.2, 0) is 4.79 Å². The molecular weight excluding hydrogens is 210 g/mol. The van der Waals surface area contributed by atoms with E-state index in [0.29, 0.717) is 17.0 Å². The van der Waals surface area contributed by atoms with E-state index in [1.165, 1.54) is 7.05 Å². The molecule has 2 N–H and O–H groups in total. The summed E-state index contributed by atoms with van der Waals surface area (Å²) in [6.45, 7) is 4.93. The molecule has 0 saturated heterocycles. The first-order chi connectivity index (χ1) is 7.47. The summed E-state index contributed by atoms with van der Waals surface area (Å²) in [4.78, 5) is 23.0. The number of aromatic nitrogens is 1. The molecule has 1 aromatic heterocycles. The van der Waals surface area contributed by atoms with Crippen LogP contribution in [0.15, 0.2) is 4.52 Å². The molecule has 0 unspecified atom stereocenters. The summed E-state index contributed by atoms with van der Waals surface area (Å²) in [6.07, 6.45) is 0. The summed E-state index contributed by atoms with van der Waals surface area (Å²) in [7, 11) is 1.51. The minimum atomic E-state index is -0.591. The van der Waals surface area contributed by atoms with Crippen LogP contribution in [0.5, 0.6) is 0 Å². The maximum absolute atomic E-state index is 11.8. The standard InChI is InChI=1S/C10H15N3O3/c1-5-8(7(3)16-13-5)10(15)12-6(2)9(14)11-4/h6H,1-4H3,(H,11,14)(H,12,15)/t6-/m0/s1. The Bertz CT molecular complexity index is 392. The molecule has 0 bridgehead atoms. The second kappa shape index (κ2) is 4.78. The highest BCUT2D eigenvalue weighted by Crippen LogP contribution is 2.11. The predicted octanol–water partition coefficient (Wildman–Crippen LogP) is 0.156. The second-order valence-corrected chi connectivity index (χ2v) is 3.51. The molecule has 1 aromatic rings. The van der Waals surface area contributed by atoms with E-state index >= 15 is 0 Å². The van der Waals surface area contributed by atoms with Crippen LogP contribution in [0, 0.1) is 13.8 Å². The van der Waals surface area contributed by atoms with E-state index in [2.05, 4.69) is 15.8 Å². The molecule has 1 atom stereocenters. The molecule has 0 saturated carbocycles. The van der Waals surface area contributed by atoms with Gasteiger partial charge in [-0.05, 0) is 20.8 Å². The van der Waals surface area contributed by atoms with Crippen molar-refractivity contribution in [3.8, 4) is 0 Å². The number of nitrogens with zero attached hydrogens (tertiary/aromatic N) is 1. The lowest BCUT2D eigenvalue weighted by Gasteiger charge is -2.11. The fourth-order valence-electron chi connectivity index (χ4n) is 1.36. The SMILES string of the molecule is CNC(=O)[C@H](C)NC(=O)c1c(C)noc1C. The number of carbonyl (C=O) groups is 2. The predicted molar refractivity (Wildman–Crippen MR) is 57.0 cm³/mol. The molecule has 6 heteroatoms. The van der Waals surface area contributed by atoms with Crippen molar-refractivity contribution in [2.24, 2.45) is 0 Å². The number of likely N-dealkylation sites (N-methyl/N-ethyl adjacent to an activating group) is 1. The van der Waals surface area contributed by atoms with Gasteiger partial charge < -0.3 is 15.2 Å². The third kappa shape index (κ3) is 2.39. The van der Waals surface area contributed by atoms with E-state index in [0.717, 1.165) is 0 Å². The van der Waals surface area contributed by atoms with Gasteiger partial charge in [-0.25, -0.2) is 0 Å². The quantitative estimate of drug-likeness (QED) is 0.767. The highest BCUT2D eigenvalue weighted by atomic mass is 16.5. The summed E-state index contributed by atoms with van der Waals surface area (Å²) >= 11 is 0. The molecule has 2 amide bonds. The fourth-order valence-corrected chi connectivity index (χ4v) is 1.36. The zero-order chi connectivity index (χ0) is 12.3. The second-order valence-electron chi connectivity index (χ2n) is 3.51. The summed E-state index contributed by atoms with van der Waals surface area (Å²) in [5.74, 6) is -0.161. The Morgan fingerprint density at radius 1 is 1.38 bits per heavy atom. The zero-order valence-electron chi connectivity index (χ0n) is 9.75. The summed E-state index contributed by atoms with van der Waals surface area (Å²) in [5.41, 5.74) is 0.898. The van der Waals surface area contributed by atoms with Gasteiger partial charge in [-0.2, -0.15) is 0 Å². The lowest BCUT2D eigenvalue weighted by atomic mass is 10.2. The van der Waals surface area contributed by atoms with E-state index in [1.54, 1.807) is 20.8 Å². The number of carbonyl (C=O) groups excluding carboxylic acids is 2. The number of rotatable bonds is 3. The molecule has 0 radical (unpaired) electrons. The van der Waals surface area contributed by atoms with Crippen LogP contribution < -0.4 is 10.6 Å². The topological polar surface area (TPSA) is 84.2 Å². The Hall–Kier alpha value is -1.85. The van der Waals surface area contributed by atoms with Gasteiger partial charge in [-0.3, -0.25) is 9.59 Å². The van der Waals surface area contributed by atoms with Gasteiger partial charge in [0.2, 0.25) is 5.91 Å². The Kier molecular flexibility index (Phi) is 3.65. The Morgan fingerprint density at radius 2 is 2.00 bits per heavy atom. The summed E-state index contributed by atoms with van der Waals surface area (Å²) in [5, 5.41) is 8.69. The average molecular weight is 225 g/mol. The van der Waals surface area contributed by atoms with Crippen LogP contribution in [0.4, 0.5) is 0 Å². The molecule has 6 nitrogen and oxygen atoms in total. The summed E-state index contributed by atoms with van der Waals surface area (Å²) in [6, 6.07) is -0.591. The summed E-state index contributed by atoms with van der Waals surface area (Å²) < 4.78 is 4.87. The molecule has 88 valence electrons. The van der Waals surface area contributed by atoms with E-state index in [1.807, 2.05) is 0 Å². The minimum Gasteiger partial charge on any atom is -0.361 e. The monoisotopic (exact) mass is 225 g/mol. The largest absolute Gasteiger partial charge is 0.361 e. The molecule has 0 aliphatic rings. The van der Waals surface area contributed by atoms with Gasteiger partial charge in [0, 0.05) is 7.05 Å². The van der Waals surface area contributed by atoms with Crippen LogP contribution in [0.1, 0.15) is 28.7 Å². The molecule has 0 aromatic carbocycles. The van der Waals surface area contributed by atoms with Crippen LogP contribution in [0.3, 0.4) is 0 Å². The van der Waals surface area contributed by atoms with Crippen molar-refractivity contribution in [3.05, 3.63) is 17.0 Å². The smallest absolute Gasteiger partial charge is 0.257 e. The molecular formula is C10H15N3O3. The molecule has 0 aliphatic heterocycles. The maximum Gasteiger partial charge on any atom is 0.257 e. The van der Waals surface area contributed by atoms with Gasteiger partial charge in [0.1, 0.15) is 17.4 Å². The normalized spacial score (nSPS) is 12.0. The van der Waals surface area contributed by atoms with Gasteiger partial charge >= 0.3 is 0 Å². The van der Waals surface area contributed by atoms with Crippen molar-refractivity contribution in [3.63, 3.8) is 0 Å². The molecule has 0 aliphatic carbocycles. The van der Waals surface area contributed by atoms with Gasteiger partial charge in [0.25, 0.3) is 5.91 Å². The van der Waals surface area contributed by atoms with Crippen molar-refractivity contribution < 1.29 is 14.1 Å². The maximum atomic E-state index is 11.8. The van der Waals surface area contributed by atoms with Crippen molar-refractivity contribution in [2.75, 3.05) is 7.05 Å². The number of nitrogens with one attached hydrogen (secondary N) is 2. The van der Waals surface area contributed by atoms with Crippen molar-refractivity contribution in [1.82, 2.24) is 15.8 Å². The van der Waals surface area contributed by atoms with Crippen molar-refractivity contribution >= 4 is 11.8 Å². The van der Waals surface area contributed by atoms with E-state index in [-0.39, 0.29) is 11.8 Å². The minimum absolute atomic E-state index is 0.250. The highest BCUT2D eigenvalue weighted by molar-refractivity contribution is 5.98. The third-order valence-electron chi connectivity index (χ3n) is 2.25. The van der Waals surface area contributed by atoms with Crippen molar-refractivity contribution in [2.45, 2.75) is 26.8 Å². The molecule has 0 fully saturated rings. The van der Waals surface area contributed by atoms with Crippen LogP contribution in [-0.4, -0.2) is 30.1 Å². The number of hydrogen-bond donors (Lipinski definition) is 2. The first-order valence-corrected chi connectivity index (χ1v) is 4.92. The van der Waals surface area contributed by atoms with Crippen molar-refractivity contribution in [1.29, 1.82) is 0 Å². The third-order valence-corrected chi connectivity index (χ3v) is 2.25. The number of amides is 2. The fraction of sp³-hybridized carbons (Fsp3) is 0.500. The van der Waals surface area contributed by atoms with Gasteiger partial charge in [-0.1, -0.05) is 5.16 Å². The average Bonchev–Trinajstić information content (AvgIpc) is 2.57. The molecule has 1 rings (SSSR count). The van der Waals surface area contributed by atoms with Crippen LogP contribution >= 0.6 is 0 Å². The first-order valence-electron chi connectivity index (χ1n) is 4.92. The Balaban J connectivity index is 2.77. The lowest BCUT2D eigenvalue weighted by molar-refractivity contribution is -0.122. The number of hydrogen-bond acceptors (Lipinski definition) is 4. The molecule has 16 heavy (non-hydrogen) atoms. The molecule has 1 heterocycles. The van der Waals surface area contributed by atoms with Gasteiger partial charge in [0.05, 0.1) is 5.69 Å². The van der Waals surface area contributed by atoms with E-state index in [4.69, 9.17) is 4.52 Å². The first kappa shape index (κ1) is 12.2. The van der Waals surface area contributed by atoms with E-state index in [9.17, 15) is 9.59 Å². The van der Waals surface area contributed by atoms with Gasteiger partial charge in [0.15, 0.2) is 0 Å². The number of aryl methyl sites for hydroxylation is 2. The Morgan fingerprint density at radius 3 is 2.44 bits per heavy atom. The molecule has 0 spiro atoms. The van der Waals surface area contributed by atoms with Crippen LogP contribution in [0.2, 0.25) is 0 Å². The lowest BCUT2D eigenvalue weighted by Crippen LogP contribution is -2.43. The van der Waals surface area contributed by atoms with Gasteiger partial charge in [-0.15, -0.1) is 0 Å². The van der Waals surface area contributed by atoms with E-state index < -0.39 is 6.04 Å². The van der Waals surface area contributed by atoms with Crippen LogP contribution in [0.25, 0.3) is 0 Å². The zero-order valence-corrected chi connectivity index (χ0v) is 9.75. The Labute approximate surface area is 93.4 Å².